The van der Waals surface area contributed by atoms with Gasteiger partial charge in [-0.2, -0.15) is 0 Å². The maximum Gasteiger partial charge on any atom is 0.125 e. The first-order valence-electron chi connectivity index (χ1n) is 5.43. The van der Waals surface area contributed by atoms with Gasteiger partial charge in [0.15, 0.2) is 0 Å². The lowest BCUT2D eigenvalue weighted by Gasteiger charge is -2.21. The van der Waals surface area contributed by atoms with E-state index in [9.17, 15) is 0 Å². The largest absolute Gasteiger partial charge is 0.367 e. The third kappa shape index (κ3) is 2.18. The van der Waals surface area contributed by atoms with E-state index in [0.717, 1.165) is 22.7 Å². The van der Waals surface area contributed by atoms with E-state index >= 15 is 0 Å². The Labute approximate surface area is 99.7 Å². The van der Waals surface area contributed by atoms with E-state index in [-0.39, 0.29) is 5.41 Å². The number of H-pyrrole nitrogens is 1. The molecule has 2 rings (SSSR count). The third-order valence-corrected chi connectivity index (χ3v) is 3.70. The normalized spacial score (nSPS) is 11.9. The average Bonchev–Trinajstić information content (AvgIpc) is 2.89. The molecular formula is C12H17N3S. The lowest BCUT2D eigenvalue weighted by molar-refractivity contribution is 0.476. The fraction of sp³-hybridized carbons (Fsp3) is 0.417. The molecule has 16 heavy (non-hydrogen) atoms. The fourth-order valence-corrected chi connectivity index (χ4v) is 2.67. The van der Waals surface area contributed by atoms with Gasteiger partial charge in [-0.3, -0.25) is 0 Å². The summed E-state index contributed by atoms with van der Waals surface area (Å²) in [5.74, 6) is 0. The number of nitrogens with two attached hydrogens (primary N) is 1. The molecule has 4 heteroatoms. The van der Waals surface area contributed by atoms with E-state index in [2.05, 4.69) is 29.2 Å². The van der Waals surface area contributed by atoms with Gasteiger partial charge in [0.1, 0.15) is 5.01 Å². The van der Waals surface area contributed by atoms with Crippen molar-refractivity contribution in [1.29, 1.82) is 0 Å². The van der Waals surface area contributed by atoms with Gasteiger partial charge in [-0.1, -0.05) is 13.8 Å². The molecule has 2 aromatic rings. The summed E-state index contributed by atoms with van der Waals surface area (Å²) in [7, 11) is 0. The number of hydrogen-bond donors (Lipinski definition) is 2. The van der Waals surface area contributed by atoms with Crippen LogP contribution in [0.15, 0.2) is 23.8 Å². The molecule has 0 saturated carbocycles. The molecule has 0 bridgehead atoms. The summed E-state index contributed by atoms with van der Waals surface area (Å²) in [6, 6.07) is 2.04. The Kier molecular flexibility index (Phi) is 3.12. The third-order valence-electron chi connectivity index (χ3n) is 2.81. The summed E-state index contributed by atoms with van der Waals surface area (Å²) in [4.78, 5) is 7.73. The van der Waals surface area contributed by atoms with Crippen LogP contribution in [0.1, 0.15) is 26.0 Å². The van der Waals surface area contributed by atoms with Gasteiger partial charge in [0.25, 0.3) is 0 Å². The van der Waals surface area contributed by atoms with Crippen molar-refractivity contribution in [2.75, 3.05) is 6.54 Å². The number of thiazole rings is 1. The number of nitrogens with one attached hydrogen (secondary N) is 1. The molecule has 3 N–H and O–H groups in total. The minimum Gasteiger partial charge on any atom is -0.367 e. The van der Waals surface area contributed by atoms with E-state index in [1.807, 2.05) is 18.5 Å². The summed E-state index contributed by atoms with van der Waals surface area (Å²) >= 11 is 1.69. The molecule has 86 valence electrons. The van der Waals surface area contributed by atoms with E-state index in [1.165, 1.54) is 0 Å². The monoisotopic (exact) mass is 235 g/mol. The molecule has 0 aliphatic rings. The van der Waals surface area contributed by atoms with E-state index < -0.39 is 0 Å². The molecule has 0 aliphatic carbocycles. The molecule has 0 spiro atoms. The minimum absolute atomic E-state index is 0.0693. The summed E-state index contributed by atoms with van der Waals surface area (Å²) < 4.78 is 0. The standard InChI is InChI=1S/C12H17N3S/c1-12(2,4-5-13)10-8-16-11(15-10)9-3-6-14-7-9/h3,6-8,14H,4-5,13H2,1-2H3. The highest BCUT2D eigenvalue weighted by molar-refractivity contribution is 7.13. The summed E-state index contributed by atoms with van der Waals surface area (Å²) in [6.45, 7) is 5.08. The quantitative estimate of drug-likeness (QED) is 0.856. The highest BCUT2D eigenvalue weighted by Crippen LogP contribution is 2.31. The number of aromatic amines is 1. The van der Waals surface area contributed by atoms with Crippen molar-refractivity contribution in [2.45, 2.75) is 25.7 Å². The van der Waals surface area contributed by atoms with Crippen molar-refractivity contribution in [3.05, 3.63) is 29.5 Å². The van der Waals surface area contributed by atoms with E-state index in [0.29, 0.717) is 6.54 Å². The lowest BCUT2D eigenvalue weighted by atomic mass is 9.86. The van der Waals surface area contributed by atoms with Crippen LogP contribution in [0, 0.1) is 0 Å². The molecule has 3 nitrogen and oxygen atoms in total. The zero-order valence-electron chi connectivity index (χ0n) is 9.66. The van der Waals surface area contributed by atoms with Crippen LogP contribution in [0.2, 0.25) is 0 Å². The van der Waals surface area contributed by atoms with Crippen LogP contribution in [-0.2, 0) is 5.41 Å². The first-order valence-corrected chi connectivity index (χ1v) is 6.31. The van der Waals surface area contributed by atoms with Gasteiger partial charge in [-0.15, -0.1) is 11.3 Å². The van der Waals surface area contributed by atoms with Crippen LogP contribution < -0.4 is 5.73 Å². The topological polar surface area (TPSA) is 54.7 Å². The molecule has 0 aromatic carbocycles. The Morgan fingerprint density at radius 3 is 2.94 bits per heavy atom. The van der Waals surface area contributed by atoms with Crippen LogP contribution in [0.4, 0.5) is 0 Å². The summed E-state index contributed by atoms with van der Waals surface area (Å²) in [5, 5.41) is 3.21. The number of hydrogen-bond acceptors (Lipinski definition) is 3. The SMILES string of the molecule is CC(C)(CCN)c1csc(-c2cc[nH]c2)n1. The van der Waals surface area contributed by atoms with Gasteiger partial charge in [0.2, 0.25) is 0 Å². The van der Waals surface area contributed by atoms with Crippen molar-refractivity contribution >= 4 is 11.3 Å². The Bertz CT molecular complexity index is 443. The van der Waals surface area contributed by atoms with Gasteiger partial charge < -0.3 is 10.7 Å². The zero-order valence-corrected chi connectivity index (χ0v) is 10.5. The van der Waals surface area contributed by atoms with Gasteiger partial charge >= 0.3 is 0 Å². The Morgan fingerprint density at radius 1 is 1.50 bits per heavy atom. The van der Waals surface area contributed by atoms with Crippen LogP contribution in [0.25, 0.3) is 10.6 Å². The number of rotatable bonds is 4. The first-order chi connectivity index (χ1) is 7.63. The highest BCUT2D eigenvalue weighted by atomic mass is 32.1. The van der Waals surface area contributed by atoms with Crippen LogP contribution in [-0.4, -0.2) is 16.5 Å². The number of nitrogens with zero attached hydrogens (tertiary/aromatic N) is 1. The van der Waals surface area contributed by atoms with Crippen molar-refractivity contribution in [2.24, 2.45) is 5.73 Å². The molecule has 0 amide bonds. The molecule has 0 saturated heterocycles. The molecule has 2 heterocycles. The van der Waals surface area contributed by atoms with Crippen molar-refractivity contribution in [3.63, 3.8) is 0 Å². The molecule has 0 radical (unpaired) electrons. The van der Waals surface area contributed by atoms with Gasteiger partial charge in [-0.05, 0) is 19.0 Å². The maximum atomic E-state index is 5.62. The fourth-order valence-electron chi connectivity index (χ4n) is 1.66. The molecular weight excluding hydrogens is 218 g/mol. The van der Waals surface area contributed by atoms with Crippen molar-refractivity contribution < 1.29 is 0 Å². The summed E-state index contributed by atoms with van der Waals surface area (Å²) in [5.41, 5.74) is 7.98. The second-order valence-corrected chi connectivity index (χ2v) is 5.42. The van der Waals surface area contributed by atoms with Crippen LogP contribution in [0.3, 0.4) is 0 Å². The molecule has 0 atom stereocenters. The predicted octanol–water partition coefficient (Wildman–Crippen LogP) is 2.76. The molecule has 0 unspecified atom stereocenters. The Morgan fingerprint density at radius 2 is 2.31 bits per heavy atom. The second-order valence-electron chi connectivity index (χ2n) is 4.56. The summed E-state index contributed by atoms with van der Waals surface area (Å²) in [6.07, 6.45) is 4.85. The van der Waals surface area contributed by atoms with E-state index in [1.54, 1.807) is 11.3 Å². The Balaban J connectivity index is 2.26. The van der Waals surface area contributed by atoms with Crippen molar-refractivity contribution in [3.8, 4) is 10.6 Å². The van der Waals surface area contributed by atoms with Gasteiger partial charge in [0, 0.05) is 28.8 Å². The molecule has 0 aliphatic heterocycles. The minimum atomic E-state index is 0.0693. The number of aromatic nitrogens is 2. The predicted molar refractivity (Wildman–Crippen MR) is 68.6 cm³/mol. The lowest BCUT2D eigenvalue weighted by Crippen LogP contribution is -2.22. The highest BCUT2D eigenvalue weighted by Gasteiger charge is 2.23. The van der Waals surface area contributed by atoms with Gasteiger partial charge in [0.05, 0.1) is 5.69 Å². The van der Waals surface area contributed by atoms with E-state index in [4.69, 9.17) is 5.73 Å². The molecule has 0 fully saturated rings. The zero-order chi connectivity index (χ0) is 11.6. The Hall–Kier alpha value is -1.13. The smallest absolute Gasteiger partial charge is 0.125 e. The van der Waals surface area contributed by atoms with Crippen LogP contribution in [0.5, 0.6) is 0 Å². The van der Waals surface area contributed by atoms with Gasteiger partial charge in [-0.25, -0.2) is 4.98 Å². The van der Waals surface area contributed by atoms with Crippen LogP contribution >= 0.6 is 11.3 Å². The average molecular weight is 235 g/mol. The molecule has 2 aromatic heterocycles. The second kappa shape index (κ2) is 4.39. The van der Waals surface area contributed by atoms with Crippen molar-refractivity contribution in [1.82, 2.24) is 9.97 Å². The maximum absolute atomic E-state index is 5.62. The first kappa shape index (κ1) is 11.4.